The molecule has 0 atom stereocenters. The summed E-state index contributed by atoms with van der Waals surface area (Å²) in [5, 5.41) is 10.1. The van der Waals surface area contributed by atoms with Crippen molar-refractivity contribution in [2.45, 2.75) is 6.54 Å². The van der Waals surface area contributed by atoms with E-state index in [1.54, 1.807) is 12.3 Å². The standard InChI is InChI=1S/C10H12N6O3/c1-12-9(17)7-2-3-16(14-7)5-6-4-8(15-19-6)10(18)13-11/h2-4H,5,11H2,1H3,(H,12,17)(H,13,18). The molecule has 2 aromatic heterocycles. The van der Waals surface area contributed by atoms with Crippen LogP contribution < -0.4 is 16.6 Å². The van der Waals surface area contributed by atoms with E-state index >= 15 is 0 Å². The van der Waals surface area contributed by atoms with E-state index in [1.807, 2.05) is 5.43 Å². The van der Waals surface area contributed by atoms with Crippen molar-refractivity contribution in [3.8, 4) is 0 Å². The highest BCUT2D eigenvalue weighted by Crippen LogP contribution is 2.06. The minimum Gasteiger partial charge on any atom is -0.359 e. The Labute approximate surface area is 107 Å². The van der Waals surface area contributed by atoms with Crippen molar-refractivity contribution in [3.63, 3.8) is 0 Å². The second-order valence-corrected chi connectivity index (χ2v) is 3.63. The molecule has 0 fully saturated rings. The number of hydrogen-bond donors (Lipinski definition) is 3. The Morgan fingerprint density at radius 3 is 2.89 bits per heavy atom. The fourth-order valence-corrected chi connectivity index (χ4v) is 1.43. The summed E-state index contributed by atoms with van der Waals surface area (Å²) in [6, 6.07) is 3.02. The summed E-state index contributed by atoms with van der Waals surface area (Å²) in [6.07, 6.45) is 1.62. The van der Waals surface area contributed by atoms with Crippen LogP contribution in [0.5, 0.6) is 0 Å². The molecular formula is C10H12N6O3. The van der Waals surface area contributed by atoms with Gasteiger partial charge in [0.2, 0.25) is 0 Å². The summed E-state index contributed by atoms with van der Waals surface area (Å²) in [5.74, 6) is 4.58. The number of nitrogens with one attached hydrogen (secondary N) is 2. The topological polar surface area (TPSA) is 128 Å². The predicted molar refractivity (Wildman–Crippen MR) is 62.9 cm³/mol. The van der Waals surface area contributed by atoms with E-state index in [1.165, 1.54) is 17.8 Å². The first-order chi connectivity index (χ1) is 9.13. The van der Waals surface area contributed by atoms with Crippen LogP contribution in [0.4, 0.5) is 0 Å². The Morgan fingerprint density at radius 2 is 2.21 bits per heavy atom. The van der Waals surface area contributed by atoms with Gasteiger partial charge in [0.25, 0.3) is 11.8 Å². The van der Waals surface area contributed by atoms with Gasteiger partial charge in [-0.1, -0.05) is 5.16 Å². The van der Waals surface area contributed by atoms with Crippen molar-refractivity contribution in [3.05, 3.63) is 35.5 Å². The van der Waals surface area contributed by atoms with Gasteiger partial charge in [-0.05, 0) is 6.07 Å². The largest absolute Gasteiger partial charge is 0.359 e. The van der Waals surface area contributed by atoms with E-state index in [0.717, 1.165) is 0 Å². The number of hydrogen-bond acceptors (Lipinski definition) is 6. The third-order valence-electron chi connectivity index (χ3n) is 2.34. The number of nitrogens with two attached hydrogens (primary N) is 1. The van der Waals surface area contributed by atoms with Crippen molar-refractivity contribution in [1.82, 2.24) is 25.7 Å². The molecule has 19 heavy (non-hydrogen) atoms. The molecule has 0 bridgehead atoms. The third-order valence-corrected chi connectivity index (χ3v) is 2.34. The zero-order chi connectivity index (χ0) is 13.8. The molecular weight excluding hydrogens is 252 g/mol. The fraction of sp³-hybridized carbons (Fsp3) is 0.200. The monoisotopic (exact) mass is 264 g/mol. The number of carbonyl (C=O) groups is 2. The van der Waals surface area contributed by atoms with Crippen molar-refractivity contribution in [1.29, 1.82) is 0 Å². The number of amides is 2. The van der Waals surface area contributed by atoms with E-state index < -0.39 is 5.91 Å². The van der Waals surface area contributed by atoms with Gasteiger partial charge in [0.05, 0.1) is 0 Å². The number of aromatic nitrogens is 3. The Kier molecular flexibility index (Phi) is 3.57. The number of hydrazine groups is 1. The minimum atomic E-state index is -0.540. The molecule has 2 amide bonds. The summed E-state index contributed by atoms with van der Waals surface area (Å²) >= 11 is 0. The molecule has 0 saturated heterocycles. The van der Waals surface area contributed by atoms with E-state index in [0.29, 0.717) is 11.5 Å². The van der Waals surface area contributed by atoms with Crippen molar-refractivity contribution < 1.29 is 14.1 Å². The number of nitrogen functional groups attached to an aromatic ring is 1. The SMILES string of the molecule is CNC(=O)c1ccn(Cc2cc(C(=O)NN)no2)n1. The lowest BCUT2D eigenvalue weighted by Crippen LogP contribution is -2.30. The lowest BCUT2D eigenvalue weighted by molar-refractivity contribution is 0.0940. The Hall–Kier alpha value is -2.68. The van der Waals surface area contributed by atoms with Crippen LogP contribution in [-0.4, -0.2) is 33.8 Å². The summed E-state index contributed by atoms with van der Waals surface area (Å²) in [7, 11) is 1.52. The van der Waals surface area contributed by atoms with Crippen LogP contribution in [-0.2, 0) is 6.54 Å². The van der Waals surface area contributed by atoms with Gasteiger partial charge in [0, 0.05) is 19.3 Å². The fourth-order valence-electron chi connectivity index (χ4n) is 1.43. The Morgan fingerprint density at radius 1 is 1.42 bits per heavy atom. The molecule has 0 radical (unpaired) electrons. The number of nitrogens with zero attached hydrogens (tertiary/aromatic N) is 3. The second-order valence-electron chi connectivity index (χ2n) is 3.63. The van der Waals surface area contributed by atoms with Gasteiger partial charge in [0.1, 0.15) is 12.2 Å². The van der Waals surface area contributed by atoms with E-state index in [4.69, 9.17) is 10.4 Å². The zero-order valence-corrected chi connectivity index (χ0v) is 10.1. The molecule has 0 unspecified atom stereocenters. The first-order valence-electron chi connectivity index (χ1n) is 5.36. The van der Waals surface area contributed by atoms with Crippen LogP contribution >= 0.6 is 0 Å². The quantitative estimate of drug-likeness (QED) is 0.364. The Bertz CT molecular complexity index is 550. The third kappa shape index (κ3) is 2.77. The molecule has 100 valence electrons. The molecule has 0 aliphatic heterocycles. The molecule has 2 heterocycles. The molecule has 0 aliphatic rings. The molecule has 9 heteroatoms. The van der Waals surface area contributed by atoms with E-state index in [-0.39, 0.29) is 18.1 Å². The second kappa shape index (κ2) is 5.31. The molecule has 0 saturated carbocycles. The highest BCUT2D eigenvalue weighted by Gasteiger charge is 2.12. The van der Waals surface area contributed by atoms with Gasteiger partial charge in [-0.2, -0.15) is 5.10 Å². The zero-order valence-electron chi connectivity index (χ0n) is 10.1. The molecule has 2 aromatic rings. The van der Waals surface area contributed by atoms with Crippen LogP contribution in [0.3, 0.4) is 0 Å². The molecule has 0 aromatic carbocycles. The number of rotatable bonds is 4. The van der Waals surface area contributed by atoms with Crippen molar-refractivity contribution >= 4 is 11.8 Å². The van der Waals surface area contributed by atoms with Gasteiger partial charge >= 0.3 is 0 Å². The van der Waals surface area contributed by atoms with Crippen LogP contribution in [0.2, 0.25) is 0 Å². The van der Waals surface area contributed by atoms with Gasteiger partial charge in [-0.25, -0.2) is 5.84 Å². The van der Waals surface area contributed by atoms with Crippen LogP contribution in [0, 0.1) is 0 Å². The minimum absolute atomic E-state index is 0.0798. The average Bonchev–Trinajstić information content (AvgIpc) is 3.07. The van der Waals surface area contributed by atoms with E-state index in [2.05, 4.69) is 15.6 Å². The van der Waals surface area contributed by atoms with Crippen molar-refractivity contribution in [2.24, 2.45) is 5.84 Å². The van der Waals surface area contributed by atoms with Gasteiger partial charge in [0.15, 0.2) is 11.5 Å². The number of carbonyl (C=O) groups excluding carboxylic acids is 2. The first kappa shape index (κ1) is 12.8. The predicted octanol–water partition coefficient (Wildman–Crippen LogP) is -1.12. The maximum atomic E-state index is 11.3. The van der Waals surface area contributed by atoms with Crippen LogP contribution in [0.25, 0.3) is 0 Å². The van der Waals surface area contributed by atoms with Crippen LogP contribution in [0.15, 0.2) is 22.9 Å². The average molecular weight is 264 g/mol. The Balaban J connectivity index is 2.09. The summed E-state index contributed by atoms with van der Waals surface area (Å²) in [6.45, 7) is 0.252. The molecule has 2 rings (SSSR count). The van der Waals surface area contributed by atoms with E-state index in [9.17, 15) is 9.59 Å². The highest BCUT2D eigenvalue weighted by atomic mass is 16.5. The summed E-state index contributed by atoms with van der Waals surface area (Å²) in [4.78, 5) is 22.5. The maximum absolute atomic E-state index is 11.3. The first-order valence-corrected chi connectivity index (χ1v) is 5.36. The molecule has 0 spiro atoms. The lowest BCUT2D eigenvalue weighted by atomic mass is 10.3. The lowest BCUT2D eigenvalue weighted by Gasteiger charge is -1.96. The van der Waals surface area contributed by atoms with Crippen LogP contribution in [0.1, 0.15) is 26.7 Å². The summed E-state index contributed by atoms with van der Waals surface area (Å²) < 4.78 is 6.46. The molecule has 4 N–H and O–H groups in total. The van der Waals surface area contributed by atoms with Gasteiger partial charge in [-0.3, -0.25) is 19.7 Å². The summed E-state index contributed by atoms with van der Waals surface area (Å²) in [5.41, 5.74) is 2.32. The highest BCUT2D eigenvalue weighted by molar-refractivity contribution is 5.92. The van der Waals surface area contributed by atoms with Gasteiger partial charge < -0.3 is 9.84 Å². The van der Waals surface area contributed by atoms with Crippen molar-refractivity contribution in [2.75, 3.05) is 7.05 Å². The normalized spacial score (nSPS) is 10.2. The van der Waals surface area contributed by atoms with Gasteiger partial charge in [-0.15, -0.1) is 0 Å². The molecule has 9 nitrogen and oxygen atoms in total. The smallest absolute Gasteiger partial charge is 0.287 e. The maximum Gasteiger partial charge on any atom is 0.287 e. The molecule has 0 aliphatic carbocycles.